The molecule has 1 fully saturated rings. The number of ether oxygens (including phenoxy) is 4. The predicted octanol–water partition coefficient (Wildman–Crippen LogP) is 3.17. The molecule has 2 aromatic rings. The Kier molecular flexibility index (Phi) is 7.36. The number of carbonyl (C=O) groups is 1. The van der Waals surface area contributed by atoms with Gasteiger partial charge in [-0.25, -0.2) is 8.42 Å². The average Bonchev–Trinajstić information content (AvgIpc) is 2.84. The first kappa shape index (κ1) is 23.3. The van der Waals surface area contributed by atoms with Gasteiger partial charge in [0.05, 0.1) is 17.6 Å². The van der Waals surface area contributed by atoms with E-state index < -0.39 is 16.1 Å². The van der Waals surface area contributed by atoms with Crippen LogP contribution in [0.15, 0.2) is 47.4 Å². The molecule has 0 radical (unpaired) electrons. The Morgan fingerprint density at radius 2 is 1.76 bits per heavy atom. The molecular formula is C23H28N2O7S. The molecular weight excluding hydrogens is 448 g/mol. The number of anilines is 2. The summed E-state index contributed by atoms with van der Waals surface area (Å²) >= 11 is 0. The van der Waals surface area contributed by atoms with Crippen molar-refractivity contribution in [1.29, 1.82) is 0 Å². The molecule has 2 atom stereocenters. The Morgan fingerprint density at radius 1 is 1.03 bits per heavy atom. The summed E-state index contributed by atoms with van der Waals surface area (Å²) in [5.74, 6) is 0.633. The number of hydrogen-bond acceptors (Lipinski definition) is 7. The summed E-state index contributed by atoms with van der Waals surface area (Å²) in [4.78, 5) is 12.5. The van der Waals surface area contributed by atoms with Crippen molar-refractivity contribution >= 4 is 27.3 Å². The molecule has 2 aliphatic heterocycles. The maximum atomic E-state index is 12.7. The predicted molar refractivity (Wildman–Crippen MR) is 122 cm³/mol. The number of carbonyl (C=O) groups excluding carboxylic acids is 1. The molecule has 2 unspecified atom stereocenters. The largest absolute Gasteiger partial charge is 0.486 e. The highest BCUT2D eigenvalue weighted by Crippen LogP contribution is 2.32. The Hall–Kier alpha value is -2.82. The molecule has 4 rings (SSSR count). The van der Waals surface area contributed by atoms with Gasteiger partial charge < -0.3 is 24.3 Å². The summed E-state index contributed by atoms with van der Waals surface area (Å²) in [6.45, 7) is 3.61. The molecule has 0 aliphatic carbocycles. The number of sulfonamides is 1. The summed E-state index contributed by atoms with van der Waals surface area (Å²) in [7, 11) is -3.82. The highest BCUT2D eigenvalue weighted by molar-refractivity contribution is 7.92. The van der Waals surface area contributed by atoms with Crippen molar-refractivity contribution in [2.24, 2.45) is 0 Å². The standard InChI is InChI=1S/C23H28N2O7S/c1-16(32-15-19-4-2-3-11-29-19)23(26)24-17-5-7-18(8-6-17)25-33(27,28)20-9-10-21-22(14-20)31-13-12-30-21/h5-10,14,16,19,25H,2-4,11-13,15H2,1H3,(H,24,26). The lowest BCUT2D eigenvalue weighted by Gasteiger charge is -2.23. The topological polar surface area (TPSA) is 112 Å². The smallest absolute Gasteiger partial charge is 0.262 e. The number of benzene rings is 2. The van der Waals surface area contributed by atoms with Crippen LogP contribution in [0.5, 0.6) is 11.5 Å². The van der Waals surface area contributed by atoms with Crippen LogP contribution >= 0.6 is 0 Å². The van der Waals surface area contributed by atoms with E-state index >= 15 is 0 Å². The molecule has 1 amide bonds. The van der Waals surface area contributed by atoms with Crippen LogP contribution < -0.4 is 19.5 Å². The molecule has 9 nitrogen and oxygen atoms in total. The first-order valence-electron chi connectivity index (χ1n) is 11.0. The third kappa shape index (κ3) is 6.16. The second-order valence-corrected chi connectivity index (χ2v) is 9.62. The Labute approximate surface area is 193 Å². The minimum Gasteiger partial charge on any atom is -0.486 e. The monoisotopic (exact) mass is 476 g/mol. The van der Waals surface area contributed by atoms with Crippen molar-refractivity contribution in [2.75, 3.05) is 36.5 Å². The van der Waals surface area contributed by atoms with Gasteiger partial charge in [0.1, 0.15) is 19.3 Å². The molecule has 0 aromatic heterocycles. The van der Waals surface area contributed by atoms with Crippen LogP contribution in [-0.4, -0.2) is 53.0 Å². The number of hydrogen-bond donors (Lipinski definition) is 2. The molecule has 0 bridgehead atoms. The van der Waals surface area contributed by atoms with Crippen molar-refractivity contribution in [3.63, 3.8) is 0 Å². The Morgan fingerprint density at radius 3 is 2.48 bits per heavy atom. The van der Waals surface area contributed by atoms with E-state index in [1.807, 2.05) is 0 Å². The maximum absolute atomic E-state index is 12.7. The van der Waals surface area contributed by atoms with E-state index in [1.165, 1.54) is 12.1 Å². The Bertz CT molecular complexity index is 1070. The van der Waals surface area contributed by atoms with Gasteiger partial charge in [-0.2, -0.15) is 0 Å². The quantitative estimate of drug-likeness (QED) is 0.602. The normalized spacial score (nSPS) is 18.9. The lowest BCUT2D eigenvalue weighted by molar-refractivity contribution is -0.130. The molecule has 0 saturated carbocycles. The zero-order valence-electron chi connectivity index (χ0n) is 18.4. The first-order valence-corrected chi connectivity index (χ1v) is 12.5. The molecule has 178 valence electrons. The fourth-order valence-corrected chi connectivity index (χ4v) is 4.61. The van der Waals surface area contributed by atoms with E-state index in [2.05, 4.69) is 10.0 Å². The minimum absolute atomic E-state index is 0.0375. The third-order valence-corrected chi connectivity index (χ3v) is 6.78. The Balaban J connectivity index is 1.31. The second-order valence-electron chi connectivity index (χ2n) is 7.94. The molecule has 2 aliphatic rings. The number of nitrogens with one attached hydrogen (secondary N) is 2. The van der Waals surface area contributed by atoms with E-state index in [1.54, 1.807) is 37.3 Å². The van der Waals surface area contributed by atoms with Gasteiger partial charge in [-0.15, -0.1) is 0 Å². The van der Waals surface area contributed by atoms with Crippen molar-refractivity contribution in [1.82, 2.24) is 0 Å². The van der Waals surface area contributed by atoms with Crippen molar-refractivity contribution in [2.45, 2.75) is 43.3 Å². The SMILES string of the molecule is CC(OCC1CCCCO1)C(=O)Nc1ccc(NS(=O)(=O)c2ccc3c(c2)OCCO3)cc1. The second kappa shape index (κ2) is 10.4. The number of fused-ring (bicyclic) bond motifs is 1. The number of amides is 1. The molecule has 2 heterocycles. The summed E-state index contributed by atoms with van der Waals surface area (Å²) < 4.78 is 50.1. The summed E-state index contributed by atoms with van der Waals surface area (Å²) in [5, 5.41) is 2.77. The van der Waals surface area contributed by atoms with Crippen LogP contribution in [-0.2, 0) is 24.3 Å². The van der Waals surface area contributed by atoms with Gasteiger partial charge in [0, 0.05) is 24.0 Å². The third-order valence-electron chi connectivity index (χ3n) is 5.40. The van der Waals surface area contributed by atoms with E-state index in [-0.39, 0.29) is 16.9 Å². The van der Waals surface area contributed by atoms with E-state index in [0.29, 0.717) is 42.7 Å². The van der Waals surface area contributed by atoms with Crippen LogP contribution in [0, 0.1) is 0 Å². The van der Waals surface area contributed by atoms with Gasteiger partial charge >= 0.3 is 0 Å². The average molecular weight is 477 g/mol. The summed E-state index contributed by atoms with van der Waals surface area (Å²) in [6, 6.07) is 10.9. The zero-order chi connectivity index (χ0) is 23.3. The lowest BCUT2D eigenvalue weighted by Crippen LogP contribution is -2.32. The van der Waals surface area contributed by atoms with Crippen LogP contribution in [0.4, 0.5) is 11.4 Å². The van der Waals surface area contributed by atoms with Crippen molar-refractivity contribution in [3.8, 4) is 11.5 Å². The molecule has 2 aromatic carbocycles. The van der Waals surface area contributed by atoms with Crippen LogP contribution in [0.3, 0.4) is 0 Å². The fourth-order valence-electron chi connectivity index (χ4n) is 3.54. The van der Waals surface area contributed by atoms with Crippen molar-refractivity contribution < 1.29 is 32.2 Å². The number of rotatable bonds is 8. The van der Waals surface area contributed by atoms with E-state index in [4.69, 9.17) is 18.9 Å². The van der Waals surface area contributed by atoms with Crippen LogP contribution in [0.2, 0.25) is 0 Å². The lowest BCUT2D eigenvalue weighted by atomic mass is 10.1. The minimum atomic E-state index is -3.82. The molecule has 33 heavy (non-hydrogen) atoms. The summed E-state index contributed by atoms with van der Waals surface area (Å²) in [6.07, 6.45) is 2.52. The summed E-state index contributed by atoms with van der Waals surface area (Å²) in [5.41, 5.74) is 0.897. The fraction of sp³-hybridized carbons (Fsp3) is 0.435. The van der Waals surface area contributed by atoms with E-state index in [9.17, 15) is 13.2 Å². The highest BCUT2D eigenvalue weighted by Gasteiger charge is 2.21. The van der Waals surface area contributed by atoms with Crippen molar-refractivity contribution in [3.05, 3.63) is 42.5 Å². The molecule has 0 spiro atoms. The van der Waals surface area contributed by atoms with Gasteiger partial charge in [-0.05, 0) is 62.6 Å². The van der Waals surface area contributed by atoms with Gasteiger partial charge in [0.2, 0.25) is 0 Å². The maximum Gasteiger partial charge on any atom is 0.262 e. The van der Waals surface area contributed by atoms with Crippen LogP contribution in [0.25, 0.3) is 0 Å². The van der Waals surface area contributed by atoms with E-state index in [0.717, 1.165) is 25.9 Å². The molecule has 10 heteroatoms. The molecule has 2 N–H and O–H groups in total. The highest BCUT2D eigenvalue weighted by atomic mass is 32.2. The molecule has 1 saturated heterocycles. The zero-order valence-corrected chi connectivity index (χ0v) is 19.2. The van der Waals surface area contributed by atoms with Gasteiger partial charge in [0.25, 0.3) is 15.9 Å². The van der Waals surface area contributed by atoms with Gasteiger partial charge in [-0.1, -0.05) is 0 Å². The van der Waals surface area contributed by atoms with Gasteiger partial charge in [0.15, 0.2) is 11.5 Å². The van der Waals surface area contributed by atoms with Crippen LogP contribution in [0.1, 0.15) is 26.2 Å². The first-order chi connectivity index (χ1) is 15.9. The van der Waals surface area contributed by atoms with Gasteiger partial charge in [-0.3, -0.25) is 9.52 Å².